The first kappa shape index (κ1) is 8.50. The molecule has 0 aromatic rings. The molecule has 0 aromatic heterocycles. The maximum absolute atomic E-state index is 11.3. The maximum Gasteiger partial charge on any atom is 0.313 e. The number of aliphatic carboxylic acids is 1. The number of carboxylic acid groups (broad SMARTS) is 1. The Bertz CT molecular complexity index is 279. The number of nitrogens with zero attached hydrogens (tertiary/aromatic N) is 1. The normalized spacial score (nSPS) is 38.8. The van der Waals surface area contributed by atoms with Gasteiger partial charge in [0.1, 0.15) is 5.41 Å². The van der Waals surface area contributed by atoms with Gasteiger partial charge in [-0.15, -0.1) is 0 Å². The van der Waals surface area contributed by atoms with Crippen LogP contribution in [-0.4, -0.2) is 48.6 Å². The molecule has 1 amide bonds. The minimum Gasteiger partial charge on any atom is -0.481 e. The predicted octanol–water partition coefficient (Wildman–Crippen LogP) is -1.25. The molecule has 0 aliphatic carbocycles. The Balaban J connectivity index is 2.35. The quantitative estimate of drug-likeness (QED) is 0.534. The third-order valence-electron chi connectivity index (χ3n) is 3.03. The van der Waals surface area contributed by atoms with Crippen LogP contribution in [0.25, 0.3) is 0 Å². The van der Waals surface area contributed by atoms with Crippen LogP contribution in [0, 0.1) is 11.3 Å². The molecule has 72 valence electrons. The van der Waals surface area contributed by atoms with Gasteiger partial charge in [-0.2, -0.15) is 0 Å². The van der Waals surface area contributed by atoms with Crippen LogP contribution in [0.2, 0.25) is 0 Å². The molecule has 5 nitrogen and oxygen atoms in total. The highest BCUT2D eigenvalue weighted by molar-refractivity contribution is 5.92. The molecule has 2 heterocycles. The predicted molar refractivity (Wildman–Crippen MR) is 44.1 cm³/mol. The van der Waals surface area contributed by atoms with E-state index in [2.05, 4.69) is 5.32 Å². The van der Waals surface area contributed by atoms with E-state index in [9.17, 15) is 9.59 Å². The van der Waals surface area contributed by atoms with Crippen molar-refractivity contribution in [3.8, 4) is 0 Å². The minimum absolute atomic E-state index is 0.119. The van der Waals surface area contributed by atoms with Crippen molar-refractivity contribution in [2.45, 2.75) is 0 Å². The fourth-order valence-electron chi connectivity index (χ4n) is 2.32. The first-order chi connectivity index (χ1) is 6.06. The van der Waals surface area contributed by atoms with Gasteiger partial charge in [-0.1, -0.05) is 0 Å². The molecule has 0 radical (unpaired) electrons. The Kier molecular flexibility index (Phi) is 1.60. The number of amides is 1. The molecule has 2 atom stereocenters. The van der Waals surface area contributed by atoms with Crippen molar-refractivity contribution in [1.82, 2.24) is 10.2 Å². The summed E-state index contributed by atoms with van der Waals surface area (Å²) < 4.78 is 0. The fourth-order valence-corrected chi connectivity index (χ4v) is 2.32. The molecule has 0 bridgehead atoms. The highest BCUT2D eigenvalue weighted by Crippen LogP contribution is 2.38. The van der Waals surface area contributed by atoms with E-state index in [-0.39, 0.29) is 18.4 Å². The second-order valence-corrected chi connectivity index (χ2v) is 3.93. The minimum atomic E-state index is -0.869. The molecule has 5 heteroatoms. The summed E-state index contributed by atoms with van der Waals surface area (Å²) in [6.45, 7) is 1.29. The molecular weight excluding hydrogens is 172 g/mol. The van der Waals surface area contributed by atoms with Gasteiger partial charge >= 0.3 is 5.97 Å². The van der Waals surface area contributed by atoms with Gasteiger partial charge in [0.25, 0.3) is 0 Å². The standard InChI is InChI=1S/C8H12N2O3/c1-10-2-5-6(11)9-3-8(5,4-10)7(12)13/h5H,2-4H2,1H3,(H,9,11)(H,12,13)/t5-,8+/m0/s1. The summed E-state index contributed by atoms with van der Waals surface area (Å²) in [7, 11) is 1.84. The maximum atomic E-state index is 11.3. The average molecular weight is 184 g/mol. The van der Waals surface area contributed by atoms with Crippen LogP contribution >= 0.6 is 0 Å². The van der Waals surface area contributed by atoms with E-state index >= 15 is 0 Å². The molecule has 0 saturated carbocycles. The molecule has 0 aromatic carbocycles. The zero-order valence-corrected chi connectivity index (χ0v) is 7.41. The lowest BCUT2D eigenvalue weighted by Crippen LogP contribution is -2.39. The molecule has 2 rings (SSSR count). The van der Waals surface area contributed by atoms with Crippen molar-refractivity contribution in [3.05, 3.63) is 0 Å². The van der Waals surface area contributed by atoms with Crippen molar-refractivity contribution < 1.29 is 14.7 Å². The molecule has 2 N–H and O–H groups in total. The van der Waals surface area contributed by atoms with Crippen molar-refractivity contribution in [2.24, 2.45) is 11.3 Å². The lowest BCUT2D eigenvalue weighted by molar-refractivity contribution is -0.149. The first-order valence-electron chi connectivity index (χ1n) is 4.26. The van der Waals surface area contributed by atoms with Crippen molar-refractivity contribution in [1.29, 1.82) is 0 Å². The van der Waals surface area contributed by atoms with Gasteiger partial charge in [0.2, 0.25) is 5.91 Å². The summed E-state index contributed by atoms with van der Waals surface area (Å²) in [6, 6.07) is 0. The van der Waals surface area contributed by atoms with Gasteiger partial charge in [-0.3, -0.25) is 9.59 Å². The van der Waals surface area contributed by atoms with Crippen molar-refractivity contribution in [2.75, 3.05) is 26.7 Å². The highest BCUT2D eigenvalue weighted by atomic mass is 16.4. The van der Waals surface area contributed by atoms with Gasteiger partial charge in [0, 0.05) is 19.6 Å². The second-order valence-electron chi connectivity index (χ2n) is 3.93. The van der Waals surface area contributed by atoms with E-state index in [0.717, 1.165) is 0 Å². The molecule has 2 aliphatic rings. The Morgan fingerprint density at radius 1 is 1.77 bits per heavy atom. The zero-order valence-electron chi connectivity index (χ0n) is 7.41. The number of carbonyl (C=O) groups excluding carboxylic acids is 1. The summed E-state index contributed by atoms with van der Waals surface area (Å²) in [4.78, 5) is 24.3. The fraction of sp³-hybridized carbons (Fsp3) is 0.750. The molecule has 13 heavy (non-hydrogen) atoms. The Morgan fingerprint density at radius 3 is 3.00 bits per heavy atom. The lowest BCUT2D eigenvalue weighted by atomic mass is 9.81. The Labute approximate surface area is 75.7 Å². The largest absolute Gasteiger partial charge is 0.481 e. The van der Waals surface area contributed by atoms with Gasteiger partial charge in [-0.25, -0.2) is 0 Å². The monoisotopic (exact) mass is 184 g/mol. The van der Waals surface area contributed by atoms with Gasteiger partial charge in [0.15, 0.2) is 0 Å². The smallest absolute Gasteiger partial charge is 0.313 e. The van der Waals surface area contributed by atoms with Crippen LogP contribution in [0.5, 0.6) is 0 Å². The topological polar surface area (TPSA) is 69.6 Å². The summed E-state index contributed by atoms with van der Waals surface area (Å²) >= 11 is 0. The van der Waals surface area contributed by atoms with E-state index in [0.29, 0.717) is 13.1 Å². The molecule has 2 aliphatic heterocycles. The summed E-state index contributed by atoms with van der Waals surface area (Å²) in [5.74, 6) is -1.35. The third kappa shape index (κ3) is 0.966. The molecule has 2 saturated heterocycles. The van der Waals surface area contributed by atoms with Crippen LogP contribution < -0.4 is 5.32 Å². The number of carboxylic acids is 1. The summed E-state index contributed by atoms with van der Waals surface area (Å²) in [5.41, 5.74) is -0.869. The number of hydrogen-bond acceptors (Lipinski definition) is 3. The van der Waals surface area contributed by atoms with Crippen molar-refractivity contribution in [3.63, 3.8) is 0 Å². The number of hydrogen-bond donors (Lipinski definition) is 2. The summed E-state index contributed by atoms with van der Waals surface area (Å²) in [6.07, 6.45) is 0. The van der Waals surface area contributed by atoms with E-state index < -0.39 is 11.4 Å². The van der Waals surface area contributed by atoms with Crippen LogP contribution in [0.4, 0.5) is 0 Å². The number of likely N-dealkylation sites (tertiary alicyclic amines) is 1. The van der Waals surface area contributed by atoms with E-state index in [4.69, 9.17) is 5.11 Å². The number of carbonyl (C=O) groups is 2. The van der Waals surface area contributed by atoms with Gasteiger partial charge < -0.3 is 15.3 Å². The van der Waals surface area contributed by atoms with Gasteiger partial charge in [0.05, 0.1) is 5.92 Å². The average Bonchev–Trinajstić information content (AvgIpc) is 2.51. The number of rotatable bonds is 1. The lowest BCUT2D eigenvalue weighted by Gasteiger charge is -2.20. The molecule has 0 unspecified atom stereocenters. The number of nitrogens with one attached hydrogen (secondary N) is 1. The first-order valence-corrected chi connectivity index (χ1v) is 4.26. The van der Waals surface area contributed by atoms with Crippen molar-refractivity contribution >= 4 is 11.9 Å². The van der Waals surface area contributed by atoms with Crippen LogP contribution in [0.3, 0.4) is 0 Å². The molecule has 2 fully saturated rings. The molecular formula is C8H12N2O3. The van der Waals surface area contributed by atoms with Crippen LogP contribution in [0.15, 0.2) is 0 Å². The van der Waals surface area contributed by atoms with Crippen LogP contribution in [-0.2, 0) is 9.59 Å². The third-order valence-corrected chi connectivity index (χ3v) is 3.03. The SMILES string of the molecule is CN1C[C@H]2C(=O)NC[C@@]2(C(=O)O)C1. The highest BCUT2D eigenvalue weighted by Gasteiger charge is 2.58. The van der Waals surface area contributed by atoms with E-state index in [1.54, 1.807) is 0 Å². The number of fused-ring (bicyclic) bond motifs is 1. The second kappa shape index (κ2) is 2.45. The zero-order chi connectivity index (χ0) is 9.64. The Morgan fingerprint density at radius 2 is 2.46 bits per heavy atom. The van der Waals surface area contributed by atoms with Crippen LogP contribution in [0.1, 0.15) is 0 Å². The van der Waals surface area contributed by atoms with E-state index in [1.807, 2.05) is 11.9 Å². The van der Waals surface area contributed by atoms with Gasteiger partial charge in [-0.05, 0) is 7.05 Å². The Hall–Kier alpha value is -1.10. The van der Waals surface area contributed by atoms with E-state index in [1.165, 1.54) is 0 Å². The summed E-state index contributed by atoms with van der Waals surface area (Å²) in [5, 5.41) is 11.7. The molecule has 0 spiro atoms.